The molecule has 3 heteroatoms. The Labute approximate surface area is 166 Å². The summed E-state index contributed by atoms with van der Waals surface area (Å²) in [6.07, 6.45) is 12.4. The van der Waals surface area contributed by atoms with Gasteiger partial charge in [0.2, 0.25) is 0 Å². The van der Waals surface area contributed by atoms with Crippen LogP contribution in [0.2, 0.25) is 0 Å². The van der Waals surface area contributed by atoms with E-state index >= 15 is 0 Å². The van der Waals surface area contributed by atoms with Crippen LogP contribution in [0.5, 0.6) is 0 Å². The minimum Gasteiger partial charge on any atom is -0.296 e. The maximum atomic E-state index is 4.92. The van der Waals surface area contributed by atoms with Gasteiger partial charge < -0.3 is 0 Å². The van der Waals surface area contributed by atoms with Gasteiger partial charge in [0.25, 0.3) is 0 Å². The number of hydrogen-bond acceptors (Lipinski definition) is 2. The first-order chi connectivity index (χ1) is 13.7. The summed E-state index contributed by atoms with van der Waals surface area (Å²) in [5.74, 6) is 0. The van der Waals surface area contributed by atoms with E-state index in [1.54, 1.807) is 0 Å². The van der Waals surface area contributed by atoms with Crippen molar-refractivity contribution in [3.8, 4) is 0 Å². The number of aromatic nitrogens is 2. The normalized spacial score (nSPS) is 14.0. The zero-order chi connectivity index (χ0) is 19.7. The van der Waals surface area contributed by atoms with E-state index in [9.17, 15) is 0 Å². The van der Waals surface area contributed by atoms with Crippen LogP contribution in [0.4, 0.5) is 5.69 Å². The number of aliphatic imine (C=N–C) groups is 1. The third-order valence-electron chi connectivity index (χ3n) is 5.33. The quantitative estimate of drug-likeness (QED) is 0.482. The second-order valence-electron chi connectivity index (χ2n) is 7.10. The summed E-state index contributed by atoms with van der Waals surface area (Å²) in [5, 5.41) is 0. The lowest BCUT2D eigenvalue weighted by Gasteiger charge is -2.16. The van der Waals surface area contributed by atoms with E-state index in [2.05, 4.69) is 67.3 Å². The van der Waals surface area contributed by atoms with Crippen molar-refractivity contribution >= 4 is 41.4 Å². The van der Waals surface area contributed by atoms with Crippen molar-refractivity contribution in [2.24, 2.45) is 4.99 Å². The van der Waals surface area contributed by atoms with Crippen molar-refractivity contribution < 1.29 is 0 Å². The highest BCUT2D eigenvalue weighted by Crippen LogP contribution is 2.36. The molecule has 2 aromatic heterocycles. The lowest BCUT2D eigenvalue weighted by molar-refractivity contribution is 0.901. The van der Waals surface area contributed by atoms with Gasteiger partial charge in [-0.05, 0) is 63.0 Å². The Morgan fingerprint density at radius 1 is 1.25 bits per heavy atom. The van der Waals surface area contributed by atoms with Crippen LogP contribution in [0.25, 0.3) is 29.4 Å². The molecule has 0 amide bonds. The Balaban J connectivity index is 2.08. The summed E-state index contributed by atoms with van der Waals surface area (Å²) in [7, 11) is 0. The lowest BCUT2D eigenvalue weighted by atomic mass is 10.00. The van der Waals surface area contributed by atoms with Gasteiger partial charge in [0, 0.05) is 17.3 Å². The zero-order valence-electron chi connectivity index (χ0n) is 16.7. The second-order valence-corrected chi connectivity index (χ2v) is 7.10. The average molecular weight is 367 g/mol. The molecule has 140 valence electrons. The Bertz CT molecular complexity index is 1140. The van der Waals surface area contributed by atoms with Gasteiger partial charge in [-0.2, -0.15) is 0 Å². The van der Waals surface area contributed by atoms with Gasteiger partial charge in [-0.25, -0.2) is 4.98 Å². The monoisotopic (exact) mass is 367 g/mol. The van der Waals surface area contributed by atoms with E-state index in [1.165, 1.54) is 16.8 Å². The Morgan fingerprint density at radius 3 is 2.75 bits per heavy atom. The molecular weight excluding hydrogens is 342 g/mol. The Morgan fingerprint density at radius 2 is 2.04 bits per heavy atom. The summed E-state index contributed by atoms with van der Waals surface area (Å²) >= 11 is 0. The number of imidazole rings is 1. The van der Waals surface area contributed by atoms with Crippen LogP contribution in [-0.2, 0) is 6.42 Å². The summed E-state index contributed by atoms with van der Waals surface area (Å²) in [5.41, 5.74) is 9.90. The fourth-order valence-electron chi connectivity index (χ4n) is 3.96. The second kappa shape index (κ2) is 7.43. The first-order valence-corrected chi connectivity index (χ1v) is 9.75. The van der Waals surface area contributed by atoms with E-state index < -0.39 is 0 Å². The first-order valence-electron chi connectivity index (χ1n) is 9.75. The van der Waals surface area contributed by atoms with Gasteiger partial charge in [0.15, 0.2) is 0 Å². The molecule has 0 saturated carbocycles. The molecule has 3 aromatic rings. The lowest BCUT2D eigenvalue weighted by Crippen LogP contribution is -2.04. The van der Waals surface area contributed by atoms with Gasteiger partial charge in [-0.15, -0.1) is 0 Å². The predicted molar refractivity (Wildman–Crippen MR) is 121 cm³/mol. The largest absolute Gasteiger partial charge is 0.296 e. The molecule has 0 aliphatic heterocycles. The number of fused-ring (bicyclic) bond motifs is 3. The third-order valence-corrected chi connectivity index (χ3v) is 5.33. The molecular formula is C25H25N3. The standard InChI is InChI=1S/C25H25N3/c1-5-22-20(16-17(3)19-12-8-7-9-13-19)24(26-6-2)18(4)25-27-21-14-10-11-15-23(21)28(22)25/h5-10,12-14,16H,1,11,15H2,2-4H3/b17-16+,26-6-. The molecule has 2 heterocycles. The van der Waals surface area contributed by atoms with Crippen molar-refractivity contribution in [2.45, 2.75) is 33.6 Å². The average Bonchev–Trinajstić information content (AvgIpc) is 3.11. The molecule has 1 aliphatic carbocycles. The smallest absolute Gasteiger partial charge is 0.143 e. The molecule has 0 fully saturated rings. The maximum absolute atomic E-state index is 4.92. The van der Waals surface area contributed by atoms with Crippen LogP contribution >= 0.6 is 0 Å². The van der Waals surface area contributed by atoms with E-state index in [4.69, 9.17) is 9.98 Å². The molecule has 28 heavy (non-hydrogen) atoms. The third kappa shape index (κ3) is 2.93. The highest BCUT2D eigenvalue weighted by molar-refractivity contribution is 5.90. The SMILES string of the molecule is C=Cc1c(/C=C(\C)c2ccccc2)c(/N=C\C)c(C)c2nc3c(n12)CCC=C3. The van der Waals surface area contributed by atoms with E-state index in [0.717, 1.165) is 46.7 Å². The molecule has 0 spiro atoms. The Hall–Kier alpha value is -3.20. The van der Waals surface area contributed by atoms with Crippen LogP contribution in [0, 0.1) is 6.92 Å². The highest BCUT2D eigenvalue weighted by atomic mass is 15.0. The number of pyridine rings is 1. The number of nitrogens with zero attached hydrogens (tertiary/aromatic N) is 3. The van der Waals surface area contributed by atoms with Gasteiger partial charge >= 0.3 is 0 Å². The van der Waals surface area contributed by atoms with Crippen molar-refractivity contribution in [3.63, 3.8) is 0 Å². The summed E-state index contributed by atoms with van der Waals surface area (Å²) in [6.45, 7) is 10.3. The number of hydrogen-bond donors (Lipinski definition) is 0. The molecule has 0 saturated heterocycles. The van der Waals surface area contributed by atoms with E-state index in [0.29, 0.717) is 0 Å². The molecule has 0 unspecified atom stereocenters. The Kier molecular flexibility index (Phi) is 4.82. The first kappa shape index (κ1) is 18.2. The summed E-state index contributed by atoms with van der Waals surface area (Å²) < 4.78 is 2.28. The molecule has 0 N–H and O–H groups in total. The molecule has 0 radical (unpaired) electrons. The van der Waals surface area contributed by atoms with Crippen molar-refractivity contribution in [1.29, 1.82) is 0 Å². The maximum Gasteiger partial charge on any atom is 0.143 e. The number of aryl methyl sites for hydroxylation is 2. The summed E-state index contributed by atoms with van der Waals surface area (Å²) in [4.78, 5) is 9.65. The van der Waals surface area contributed by atoms with E-state index in [1.807, 2.05) is 25.3 Å². The zero-order valence-corrected chi connectivity index (χ0v) is 16.7. The number of allylic oxidation sites excluding steroid dienone is 2. The van der Waals surface area contributed by atoms with E-state index in [-0.39, 0.29) is 0 Å². The topological polar surface area (TPSA) is 29.7 Å². The van der Waals surface area contributed by atoms with Crippen LogP contribution < -0.4 is 0 Å². The molecule has 4 rings (SSSR count). The van der Waals surface area contributed by atoms with Crippen LogP contribution in [0.1, 0.15) is 54.0 Å². The fraction of sp³-hybridized carbons (Fsp3) is 0.200. The predicted octanol–water partition coefficient (Wildman–Crippen LogP) is 6.53. The van der Waals surface area contributed by atoms with Crippen molar-refractivity contribution in [2.75, 3.05) is 0 Å². The summed E-state index contributed by atoms with van der Waals surface area (Å²) in [6, 6.07) is 10.5. The highest BCUT2D eigenvalue weighted by Gasteiger charge is 2.21. The van der Waals surface area contributed by atoms with Crippen LogP contribution in [0.3, 0.4) is 0 Å². The molecule has 1 aliphatic rings. The molecule has 1 aromatic carbocycles. The van der Waals surface area contributed by atoms with Gasteiger partial charge in [-0.1, -0.05) is 43.0 Å². The number of benzene rings is 1. The van der Waals surface area contributed by atoms with Crippen molar-refractivity contribution in [1.82, 2.24) is 9.38 Å². The fourth-order valence-corrected chi connectivity index (χ4v) is 3.96. The van der Waals surface area contributed by atoms with Gasteiger partial charge in [0.05, 0.1) is 22.8 Å². The molecule has 0 bridgehead atoms. The van der Waals surface area contributed by atoms with Crippen LogP contribution in [-0.4, -0.2) is 15.6 Å². The molecule has 0 atom stereocenters. The minimum absolute atomic E-state index is 0.964. The van der Waals surface area contributed by atoms with Gasteiger partial charge in [-0.3, -0.25) is 9.39 Å². The van der Waals surface area contributed by atoms with Gasteiger partial charge in [0.1, 0.15) is 5.65 Å². The van der Waals surface area contributed by atoms with Crippen molar-refractivity contribution in [3.05, 3.63) is 76.8 Å². The minimum atomic E-state index is 0.964. The van der Waals surface area contributed by atoms with Crippen LogP contribution in [0.15, 0.2) is 48.0 Å². The molecule has 3 nitrogen and oxygen atoms in total. The number of rotatable bonds is 4.